The third-order valence-corrected chi connectivity index (χ3v) is 3.82. The molecule has 0 spiro atoms. The molecule has 19 heavy (non-hydrogen) atoms. The Morgan fingerprint density at radius 3 is 2.79 bits per heavy atom. The number of amides is 1. The molecule has 1 saturated heterocycles. The van der Waals surface area contributed by atoms with Gasteiger partial charge >= 0.3 is 0 Å². The number of nitrogens with zero attached hydrogens (tertiary/aromatic N) is 1. The molecule has 0 bridgehead atoms. The van der Waals surface area contributed by atoms with Crippen LogP contribution in [0, 0.1) is 6.92 Å². The number of ether oxygens (including phenoxy) is 1. The Hall–Kier alpha value is -1.22. The topological polar surface area (TPSA) is 29.5 Å². The van der Waals surface area contributed by atoms with Gasteiger partial charge in [-0.25, -0.2) is 0 Å². The Kier molecular flexibility index (Phi) is 5.08. The zero-order valence-corrected chi connectivity index (χ0v) is 12.1. The Labute approximate surface area is 119 Å². The lowest BCUT2D eigenvalue weighted by Crippen LogP contribution is -2.27. The molecule has 3 nitrogen and oxygen atoms in total. The molecule has 0 radical (unpaired) electrons. The van der Waals surface area contributed by atoms with Crippen LogP contribution < -0.4 is 4.74 Å². The molecule has 2 rings (SSSR count). The summed E-state index contributed by atoms with van der Waals surface area (Å²) < 4.78 is 5.63. The van der Waals surface area contributed by atoms with Crippen LogP contribution in [0.15, 0.2) is 18.2 Å². The lowest BCUT2D eigenvalue weighted by atomic mass is 10.2. The van der Waals surface area contributed by atoms with Crippen LogP contribution in [-0.2, 0) is 4.79 Å². The Balaban J connectivity index is 1.68. The molecule has 1 aliphatic rings. The van der Waals surface area contributed by atoms with Gasteiger partial charge in [0.05, 0.1) is 6.61 Å². The average molecular weight is 282 g/mol. The summed E-state index contributed by atoms with van der Waals surface area (Å²) in [5, 5.41) is 0.747. The predicted molar refractivity (Wildman–Crippen MR) is 76.7 cm³/mol. The van der Waals surface area contributed by atoms with Crippen LogP contribution in [0.5, 0.6) is 5.75 Å². The van der Waals surface area contributed by atoms with Crippen LogP contribution in [0.1, 0.15) is 31.2 Å². The number of rotatable bonds is 5. The Morgan fingerprint density at radius 2 is 2.11 bits per heavy atom. The van der Waals surface area contributed by atoms with E-state index in [-0.39, 0.29) is 5.91 Å². The van der Waals surface area contributed by atoms with Crippen LogP contribution in [0.4, 0.5) is 0 Å². The zero-order valence-electron chi connectivity index (χ0n) is 11.3. The molecule has 1 fully saturated rings. The Bertz CT molecular complexity index is 442. The van der Waals surface area contributed by atoms with Crippen LogP contribution in [-0.4, -0.2) is 30.5 Å². The highest BCUT2D eigenvalue weighted by Gasteiger charge is 2.16. The van der Waals surface area contributed by atoms with Crippen molar-refractivity contribution in [3.8, 4) is 5.75 Å². The molecule has 0 aliphatic carbocycles. The summed E-state index contributed by atoms with van der Waals surface area (Å²) in [6.07, 6.45) is 3.63. The maximum atomic E-state index is 11.8. The Morgan fingerprint density at radius 1 is 1.37 bits per heavy atom. The average Bonchev–Trinajstić information content (AvgIpc) is 2.92. The maximum Gasteiger partial charge on any atom is 0.222 e. The highest BCUT2D eigenvalue weighted by atomic mass is 35.5. The molecule has 1 aromatic rings. The van der Waals surface area contributed by atoms with E-state index in [4.69, 9.17) is 16.3 Å². The third-order valence-electron chi connectivity index (χ3n) is 3.39. The molecule has 1 amide bonds. The largest absolute Gasteiger partial charge is 0.494 e. The molecule has 0 saturated carbocycles. The second kappa shape index (κ2) is 6.80. The van der Waals surface area contributed by atoms with Gasteiger partial charge in [0.25, 0.3) is 0 Å². The summed E-state index contributed by atoms with van der Waals surface area (Å²) >= 11 is 5.95. The van der Waals surface area contributed by atoms with E-state index in [0.717, 1.165) is 48.7 Å². The zero-order chi connectivity index (χ0) is 13.7. The standard InChI is InChI=1S/C15H20ClNO2/c1-12-11-13(6-7-14(12)16)19-10-4-5-15(18)17-8-2-3-9-17/h6-7,11H,2-5,8-10H2,1H3. The van der Waals surface area contributed by atoms with Crippen LogP contribution in [0.25, 0.3) is 0 Å². The van der Waals surface area contributed by atoms with Crippen molar-refractivity contribution in [2.45, 2.75) is 32.6 Å². The van der Waals surface area contributed by atoms with E-state index in [0.29, 0.717) is 13.0 Å². The fourth-order valence-corrected chi connectivity index (χ4v) is 2.36. The SMILES string of the molecule is Cc1cc(OCCCC(=O)N2CCCC2)ccc1Cl. The van der Waals surface area contributed by atoms with E-state index in [2.05, 4.69) is 0 Å². The van der Waals surface area contributed by atoms with Gasteiger partial charge in [-0.1, -0.05) is 11.6 Å². The van der Waals surface area contributed by atoms with Crippen molar-refractivity contribution in [2.24, 2.45) is 0 Å². The summed E-state index contributed by atoms with van der Waals surface area (Å²) in [5.74, 6) is 1.07. The molecule has 0 aromatic heterocycles. The molecule has 0 unspecified atom stereocenters. The predicted octanol–water partition coefficient (Wildman–Crippen LogP) is 3.43. The number of likely N-dealkylation sites (tertiary alicyclic amines) is 1. The quantitative estimate of drug-likeness (QED) is 0.774. The third kappa shape index (κ3) is 4.13. The van der Waals surface area contributed by atoms with E-state index < -0.39 is 0 Å². The van der Waals surface area contributed by atoms with Crippen LogP contribution in [0.3, 0.4) is 0 Å². The first-order chi connectivity index (χ1) is 9.16. The molecular weight excluding hydrogens is 262 g/mol. The van der Waals surface area contributed by atoms with Gasteiger partial charge < -0.3 is 9.64 Å². The fourth-order valence-electron chi connectivity index (χ4n) is 2.25. The number of aryl methyl sites for hydroxylation is 1. The first-order valence-electron chi connectivity index (χ1n) is 6.83. The van der Waals surface area contributed by atoms with Crippen molar-refractivity contribution in [3.63, 3.8) is 0 Å². The molecule has 104 valence electrons. The van der Waals surface area contributed by atoms with Crippen molar-refractivity contribution in [2.75, 3.05) is 19.7 Å². The fraction of sp³-hybridized carbons (Fsp3) is 0.533. The summed E-state index contributed by atoms with van der Waals surface area (Å²) in [6.45, 7) is 4.37. The molecule has 1 aliphatic heterocycles. The highest BCUT2D eigenvalue weighted by molar-refractivity contribution is 6.31. The van der Waals surface area contributed by atoms with E-state index >= 15 is 0 Å². The number of hydrogen-bond acceptors (Lipinski definition) is 2. The first kappa shape index (κ1) is 14.2. The molecule has 4 heteroatoms. The minimum atomic E-state index is 0.258. The molecular formula is C15H20ClNO2. The van der Waals surface area contributed by atoms with Gasteiger partial charge in [-0.05, 0) is 49.9 Å². The number of carbonyl (C=O) groups excluding carboxylic acids is 1. The van der Waals surface area contributed by atoms with Crippen molar-refractivity contribution in [1.82, 2.24) is 4.90 Å². The van der Waals surface area contributed by atoms with Gasteiger partial charge in [-0.15, -0.1) is 0 Å². The monoisotopic (exact) mass is 281 g/mol. The number of hydrogen-bond donors (Lipinski definition) is 0. The van der Waals surface area contributed by atoms with E-state index in [9.17, 15) is 4.79 Å². The molecule has 0 N–H and O–H groups in total. The lowest BCUT2D eigenvalue weighted by molar-refractivity contribution is -0.130. The number of halogens is 1. The number of carbonyl (C=O) groups is 1. The van der Waals surface area contributed by atoms with Gasteiger partial charge in [0.1, 0.15) is 5.75 Å². The molecule has 0 atom stereocenters. The highest BCUT2D eigenvalue weighted by Crippen LogP contribution is 2.21. The molecule has 1 heterocycles. The van der Waals surface area contributed by atoms with E-state index in [1.807, 2.05) is 30.0 Å². The van der Waals surface area contributed by atoms with Gasteiger partial charge in [0.2, 0.25) is 5.91 Å². The summed E-state index contributed by atoms with van der Waals surface area (Å²) in [4.78, 5) is 13.8. The summed E-state index contributed by atoms with van der Waals surface area (Å²) in [5.41, 5.74) is 1.01. The lowest BCUT2D eigenvalue weighted by Gasteiger charge is -2.15. The van der Waals surface area contributed by atoms with E-state index in [1.165, 1.54) is 0 Å². The van der Waals surface area contributed by atoms with E-state index in [1.54, 1.807) is 0 Å². The van der Waals surface area contributed by atoms with Crippen molar-refractivity contribution in [3.05, 3.63) is 28.8 Å². The maximum absolute atomic E-state index is 11.8. The van der Waals surface area contributed by atoms with Crippen LogP contribution in [0.2, 0.25) is 5.02 Å². The van der Waals surface area contributed by atoms with Crippen molar-refractivity contribution < 1.29 is 9.53 Å². The normalized spacial score (nSPS) is 14.7. The van der Waals surface area contributed by atoms with Crippen molar-refractivity contribution >= 4 is 17.5 Å². The van der Waals surface area contributed by atoms with Gasteiger partial charge in [0.15, 0.2) is 0 Å². The minimum absolute atomic E-state index is 0.258. The summed E-state index contributed by atoms with van der Waals surface area (Å²) in [6, 6.07) is 5.61. The second-order valence-corrected chi connectivity index (χ2v) is 5.36. The first-order valence-corrected chi connectivity index (χ1v) is 7.21. The molecule has 1 aromatic carbocycles. The van der Waals surface area contributed by atoms with Gasteiger partial charge in [0, 0.05) is 24.5 Å². The van der Waals surface area contributed by atoms with Crippen molar-refractivity contribution in [1.29, 1.82) is 0 Å². The second-order valence-electron chi connectivity index (χ2n) is 4.95. The number of benzene rings is 1. The van der Waals surface area contributed by atoms with Crippen LogP contribution >= 0.6 is 11.6 Å². The smallest absolute Gasteiger partial charge is 0.222 e. The van der Waals surface area contributed by atoms with Gasteiger partial charge in [-0.2, -0.15) is 0 Å². The minimum Gasteiger partial charge on any atom is -0.494 e. The van der Waals surface area contributed by atoms with Gasteiger partial charge in [-0.3, -0.25) is 4.79 Å². The summed E-state index contributed by atoms with van der Waals surface area (Å²) in [7, 11) is 0.